The molecule has 0 aromatic heterocycles. The quantitative estimate of drug-likeness (QED) is 0.541. The van der Waals surface area contributed by atoms with Gasteiger partial charge in [-0.3, -0.25) is 4.90 Å². The Morgan fingerprint density at radius 1 is 0.905 bits per heavy atom. The van der Waals surface area contributed by atoms with Crippen molar-refractivity contribution in [3.05, 3.63) is 0 Å². The van der Waals surface area contributed by atoms with E-state index in [4.69, 9.17) is 0 Å². The average Bonchev–Trinajstić information content (AvgIpc) is 2.50. The van der Waals surface area contributed by atoms with Crippen molar-refractivity contribution in [2.45, 2.75) is 103 Å². The zero-order valence-electron chi connectivity index (χ0n) is 15.2. The summed E-state index contributed by atoms with van der Waals surface area (Å²) in [4.78, 5) is 2.75. The molecule has 1 aliphatic heterocycles. The molecule has 2 nitrogen and oxygen atoms in total. The number of rotatable bonds is 11. The molecule has 0 amide bonds. The third kappa shape index (κ3) is 6.69. The van der Waals surface area contributed by atoms with Crippen LogP contribution in [0.1, 0.15) is 91.9 Å². The van der Waals surface area contributed by atoms with E-state index in [9.17, 15) is 0 Å². The molecule has 0 spiro atoms. The zero-order valence-corrected chi connectivity index (χ0v) is 15.2. The van der Waals surface area contributed by atoms with Crippen molar-refractivity contribution in [3.8, 4) is 0 Å². The summed E-state index contributed by atoms with van der Waals surface area (Å²) in [6.07, 6.45) is 13.8. The summed E-state index contributed by atoms with van der Waals surface area (Å²) in [5, 5.41) is 3.86. The fourth-order valence-electron chi connectivity index (χ4n) is 3.67. The molecule has 0 radical (unpaired) electrons. The molecule has 1 rings (SSSR count). The predicted molar refractivity (Wildman–Crippen MR) is 95.0 cm³/mol. The minimum absolute atomic E-state index is 0.306. The first-order valence-corrected chi connectivity index (χ1v) is 9.61. The molecule has 1 atom stereocenters. The van der Waals surface area contributed by atoms with Crippen molar-refractivity contribution in [2.75, 3.05) is 19.6 Å². The number of piperidine rings is 1. The Kier molecular flexibility index (Phi) is 9.59. The Hall–Kier alpha value is -0.0800. The molecule has 1 unspecified atom stereocenters. The molecule has 1 saturated heterocycles. The van der Waals surface area contributed by atoms with Crippen molar-refractivity contribution in [1.82, 2.24) is 10.2 Å². The number of hydrogen-bond donors (Lipinski definition) is 1. The highest BCUT2D eigenvalue weighted by Crippen LogP contribution is 2.26. The van der Waals surface area contributed by atoms with E-state index in [1.165, 1.54) is 77.3 Å². The van der Waals surface area contributed by atoms with Crippen LogP contribution in [0.4, 0.5) is 0 Å². The van der Waals surface area contributed by atoms with E-state index >= 15 is 0 Å². The molecular formula is C19H40N2. The van der Waals surface area contributed by atoms with E-state index < -0.39 is 0 Å². The lowest BCUT2D eigenvalue weighted by atomic mass is 9.86. The zero-order chi connectivity index (χ0) is 15.6. The Bertz CT molecular complexity index is 244. The number of likely N-dealkylation sites (tertiary alicyclic amines) is 1. The molecule has 1 N–H and O–H groups in total. The molecule has 1 fully saturated rings. The monoisotopic (exact) mass is 296 g/mol. The van der Waals surface area contributed by atoms with E-state index in [0.29, 0.717) is 11.6 Å². The minimum Gasteiger partial charge on any atom is -0.312 e. The van der Waals surface area contributed by atoms with Gasteiger partial charge in [-0.2, -0.15) is 0 Å². The van der Waals surface area contributed by atoms with Crippen molar-refractivity contribution in [3.63, 3.8) is 0 Å². The first kappa shape index (κ1) is 19.0. The highest BCUT2D eigenvalue weighted by atomic mass is 15.2. The van der Waals surface area contributed by atoms with Gasteiger partial charge >= 0.3 is 0 Å². The van der Waals surface area contributed by atoms with Gasteiger partial charge in [0.25, 0.3) is 0 Å². The molecule has 0 aliphatic carbocycles. The van der Waals surface area contributed by atoms with Crippen LogP contribution in [0.5, 0.6) is 0 Å². The first-order chi connectivity index (χ1) is 10.1. The molecule has 0 saturated carbocycles. The number of nitrogens with zero attached hydrogens (tertiary/aromatic N) is 1. The maximum Gasteiger partial charge on any atom is 0.0306 e. The average molecular weight is 297 g/mol. The molecular weight excluding hydrogens is 256 g/mol. The van der Waals surface area contributed by atoms with E-state index in [1.54, 1.807) is 0 Å². The number of hydrogen-bond acceptors (Lipinski definition) is 2. The van der Waals surface area contributed by atoms with Gasteiger partial charge in [0.15, 0.2) is 0 Å². The predicted octanol–water partition coefficient (Wildman–Crippen LogP) is 4.98. The fourth-order valence-corrected chi connectivity index (χ4v) is 3.67. The second-order valence-electron chi connectivity index (χ2n) is 7.41. The topological polar surface area (TPSA) is 15.3 Å². The molecule has 2 heteroatoms. The molecule has 1 heterocycles. The van der Waals surface area contributed by atoms with E-state index in [1.807, 2.05) is 0 Å². The van der Waals surface area contributed by atoms with Crippen molar-refractivity contribution < 1.29 is 0 Å². The fraction of sp³-hybridized carbons (Fsp3) is 1.00. The van der Waals surface area contributed by atoms with Crippen molar-refractivity contribution >= 4 is 0 Å². The van der Waals surface area contributed by atoms with Gasteiger partial charge < -0.3 is 5.32 Å². The van der Waals surface area contributed by atoms with Crippen LogP contribution in [0.25, 0.3) is 0 Å². The van der Waals surface area contributed by atoms with Gasteiger partial charge in [-0.25, -0.2) is 0 Å². The van der Waals surface area contributed by atoms with Crippen LogP contribution in [0.2, 0.25) is 0 Å². The SMILES string of the molecule is CCCCCCCC(NCCC)C(C)(C)N1CCCCC1. The van der Waals surface area contributed by atoms with Crippen LogP contribution < -0.4 is 5.32 Å². The summed E-state index contributed by atoms with van der Waals surface area (Å²) in [6.45, 7) is 13.3. The van der Waals surface area contributed by atoms with Crippen LogP contribution >= 0.6 is 0 Å². The maximum absolute atomic E-state index is 3.86. The van der Waals surface area contributed by atoms with Gasteiger partial charge in [0.1, 0.15) is 0 Å². The summed E-state index contributed by atoms with van der Waals surface area (Å²) in [7, 11) is 0. The summed E-state index contributed by atoms with van der Waals surface area (Å²) < 4.78 is 0. The number of unbranched alkanes of at least 4 members (excludes halogenated alkanes) is 4. The van der Waals surface area contributed by atoms with Gasteiger partial charge in [-0.15, -0.1) is 0 Å². The second kappa shape index (κ2) is 10.6. The summed E-state index contributed by atoms with van der Waals surface area (Å²) in [6, 6.07) is 0.650. The van der Waals surface area contributed by atoms with Crippen molar-refractivity contribution in [1.29, 1.82) is 0 Å². The van der Waals surface area contributed by atoms with Crippen LogP contribution in [0.3, 0.4) is 0 Å². The maximum atomic E-state index is 3.86. The standard InChI is InChI=1S/C19H40N2/c1-5-7-8-9-11-14-18(20-15-6-2)19(3,4)21-16-12-10-13-17-21/h18,20H,5-17H2,1-4H3. The smallest absolute Gasteiger partial charge is 0.0306 e. The summed E-state index contributed by atoms with van der Waals surface area (Å²) >= 11 is 0. The van der Waals surface area contributed by atoms with Gasteiger partial charge in [-0.05, 0) is 59.2 Å². The first-order valence-electron chi connectivity index (χ1n) is 9.61. The normalized spacial score (nSPS) is 18.9. The van der Waals surface area contributed by atoms with Gasteiger partial charge in [-0.1, -0.05) is 52.4 Å². The molecule has 1 aliphatic rings. The van der Waals surface area contributed by atoms with E-state index in [-0.39, 0.29) is 0 Å². The van der Waals surface area contributed by atoms with Crippen LogP contribution in [0, 0.1) is 0 Å². The highest BCUT2D eigenvalue weighted by Gasteiger charge is 2.35. The molecule has 0 aromatic carbocycles. The Morgan fingerprint density at radius 2 is 1.57 bits per heavy atom. The van der Waals surface area contributed by atoms with Crippen LogP contribution in [0.15, 0.2) is 0 Å². The largest absolute Gasteiger partial charge is 0.312 e. The second-order valence-corrected chi connectivity index (χ2v) is 7.41. The molecule has 21 heavy (non-hydrogen) atoms. The lowest BCUT2D eigenvalue weighted by molar-refractivity contribution is 0.0573. The molecule has 126 valence electrons. The minimum atomic E-state index is 0.306. The Balaban J connectivity index is 2.48. The lowest BCUT2D eigenvalue weighted by Crippen LogP contribution is -2.59. The summed E-state index contributed by atoms with van der Waals surface area (Å²) in [5.74, 6) is 0. The third-order valence-electron chi connectivity index (χ3n) is 5.26. The summed E-state index contributed by atoms with van der Waals surface area (Å²) in [5.41, 5.74) is 0.306. The molecule has 0 bridgehead atoms. The Labute approximate surface area is 134 Å². The third-order valence-corrected chi connectivity index (χ3v) is 5.26. The molecule has 0 aromatic rings. The van der Waals surface area contributed by atoms with E-state index in [2.05, 4.69) is 37.9 Å². The van der Waals surface area contributed by atoms with E-state index in [0.717, 1.165) is 6.54 Å². The lowest BCUT2D eigenvalue weighted by Gasteiger charge is -2.46. The highest BCUT2D eigenvalue weighted by molar-refractivity contribution is 4.94. The van der Waals surface area contributed by atoms with Gasteiger partial charge in [0, 0.05) is 11.6 Å². The van der Waals surface area contributed by atoms with Crippen molar-refractivity contribution in [2.24, 2.45) is 0 Å². The van der Waals surface area contributed by atoms with Gasteiger partial charge in [0.2, 0.25) is 0 Å². The Morgan fingerprint density at radius 3 is 2.19 bits per heavy atom. The van der Waals surface area contributed by atoms with Crippen LogP contribution in [-0.4, -0.2) is 36.1 Å². The van der Waals surface area contributed by atoms with Gasteiger partial charge in [0.05, 0.1) is 0 Å². The number of nitrogens with one attached hydrogen (secondary N) is 1. The van der Waals surface area contributed by atoms with Crippen LogP contribution in [-0.2, 0) is 0 Å².